The van der Waals surface area contributed by atoms with E-state index < -0.39 is 0 Å². The number of hydrogen-bond acceptors (Lipinski definition) is 5. The predicted octanol–water partition coefficient (Wildman–Crippen LogP) is 1.63. The van der Waals surface area contributed by atoms with E-state index in [4.69, 9.17) is 5.84 Å². The molecule has 4 N–H and O–H groups in total. The maximum atomic E-state index is 12.2. The van der Waals surface area contributed by atoms with Crippen LogP contribution in [-0.2, 0) is 0 Å². The quantitative estimate of drug-likeness (QED) is 0.574. The summed E-state index contributed by atoms with van der Waals surface area (Å²) in [6.45, 7) is 3.74. The Bertz CT molecular complexity index is 612. The Hall–Kier alpha value is -2.47. The number of carbonyl (C=O) groups is 1. The number of anilines is 2. The number of carbonyl (C=O) groups excluding carboxylic acids is 1. The lowest BCUT2D eigenvalue weighted by Gasteiger charge is -2.10. The number of nitrogens with two attached hydrogens (primary N) is 1. The molecule has 0 fully saturated rings. The molecule has 2 rings (SSSR count). The smallest absolute Gasteiger partial charge is 0.259 e. The van der Waals surface area contributed by atoms with Gasteiger partial charge in [0.2, 0.25) is 0 Å². The number of rotatable bonds is 3. The molecule has 6 nitrogen and oxygen atoms in total. The second kappa shape index (κ2) is 5.45. The maximum Gasteiger partial charge on any atom is 0.259 e. The van der Waals surface area contributed by atoms with Gasteiger partial charge in [0.15, 0.2) is 0 Å². The van der Waals surface area contributed by atoms with Gasteiger partial charge in [0.25, 0.3) is 5.91 Å². The summed E-state index contributed by atoms with van der Waals surface area (Å²) < 4.78 is 0. The maximum absolute atomic E-state index is 12.2. The number of hydrogen-bond donors (Lipinski definition) is 3. The molecule has 0 aromatic carbocycles. The molecule has 98 valence electrons. The molecule has 0 atom stereocenters. The first-order valence-corrected chi connectivity index (χ1v) is 5.78. The normalized spacial score (nSPS) is 10.1. The summed E-state index contributed by atoms with van der Waals surface area (Å²) in [5.74, 6) is 5.08. The highest BCUT2D eigenvalue weighted by Crippen LogP contribution is 2.17. The van der Waals surface area contributed by atoms with E-state index in [0.29, 0.717) is 16.9 Å². The van der Waals surface area contributed by atoms with Gasteiger partial charge >= 0.3 is 0 Å². The fraction of sp³-hybridized carbons (Fsp3) is 0.154. The van der Waals surface area contributed by atoms with Gasteiger partial charge in [0.1, 0.15) is 0 Å². The summed E-state index contributed by atoms with van der Waals surface area (Å²) in [7, 11) is 0. The molecular weight excluding hydrogens is 242 g/mol. The van der Waals surface area contributed by atoms with E-state index in [9.17, 15) is 4.79 Å². The second-order valence-electron chi connectivity index (χ2n) is 4.11. The predicted molar refractivity (Wildman–Crippen MR) is 73.7 cm³/mol. The largest absolute Gasteiger partial charge is 0.323 e. The number of aryl methyl sites for hydroxylation is 2. The molecule has 2 heterocycles. The first-order chi connectivity index (χ1) is 9.11. The van der Waals surface area contributed by atoms with E-state index in [-0.39, 0.29) is 5.91 Å². The van der Waals surface area contributed by atoms with Crippen molar-refractivity contribution in [1.29, 1.82) is 0 Å². The molecule has 0 unspecified atom stereocenters. The van der Waals surface area contributed by atoms with E-state index in [2.05, 4.69) is 20.7 Å². The molecule has 19 heavy (non-hydrogen) atoms. The Labute approximate surface area is 111 Å². The van der Waals surface area contributed by atoms with Gasteiger partial charge in [-0.05, 0) is 32.0 Å². The monoisotopic (exact) mass is 257 g/mol. The highest BCUT2D eigenvalue weighted by molar-refractivity contribution is 6.07. The summed E-state index contributed by atoms with van der Waals surface area (Å²) in [5, 5.41) is 2.79. The van der Waals surface area contributed by atoms with Crippen molar-refractivity contribution in [2.24, 2.45) is 5.84 Å². The fourth-order valence-electron chi connectivity index (χ4n) is 1.71. The standard InChI is InChI=1S/C13H15N5O/c1-8-3-4-11(9(2)16-8)17-13(19)10-7-15-6-5-12(10)18-14/h3-7H,14H2,1-2H3,(H,15,18)(H,17,19). The zero-order chi connectivity index (χ0) is 13.8. The third kappa shape index (κ3) is 2.86. The third-order valence-corrected chi connectivity index (χ3v) is 2.69. The highest BCUT2D eigenvalue weighted by Gasteiger charge is 2.12. The Morgan fingerprint density at radius 3 is 2.68 bits per heavy atom. The number of nitrogens with zero attached hydrogens (tertiary/aromatic N) is 2. The van der Waals surface area contributed by atoms with Gasteiger partial charge in [-0.2, -0.15) is 0 Å². The molecule has 0 radical (unpaired) electrons. The summed E-state index contributed by atoms with van der Waals surface area (Å²) in [4.78, 5) is 20.4. The van der Waals surface area contributed by atoms with Crippen LogP contribution in [0.2, 0.25) is 0 Å². The molecule has 2 aromatic heterocycles. The first kappa shape index (κ1) is 13.0. The van der Waals surface area contributed by atoms with Crippen molar-refractivity contribution in [2.75, 3.05) is 10.7 Å². The minimum Gasteiger partial charge on any atom is -0.323 e. The van der Waals surface area contributed by atoms with E-state index in [0.717, 1.165) is 11.4 Å². The summed E-state index contributed by atoms with van der Waals surface area (Å²) in [6, 6.07) is 5.30. The molecule has 6 heteroatoms. The molecule has 2 aromatic rings. The molecule has 0 aliphatic rings. The number of nitrogen functional groups attached to an aromatic ring is 1. The van der Waals surface area contributed by atoms with Gasteiger partial charge in [-0.1, -0.05) is 0 Å². The lowest BCUT2D eigenvalue weighted by Crippen LogP contribution is -2.18. The van der Waals surface area contributed by atoms with Crippen molar-refractivity contribution in [2.45, 2.75) is 13.8 Å². The van der Waals surface area contributed by atoms with E-state index in [1.54, 1.807) is 12.3 Å². The second-order valence-corrected chi connectivity index (χ2v) is 4.11. The molecule has 0 saturated carbocycles. The van der Waals surface area contributed by atoms with Crippen LogP contribution in [0.1, 0.15) is 21.7 Å². The number of aromatic nitrogens is 2. The van der Waals surface area contributed by atoms with E-state index >= 15 is 0 Å². The number of nitrogens with one attached hydrogen (secondary N) is 2. The Kier molecular flexibility index (Phi) is 3.72. The number of amides is 1. The summed E-state index contributed by atoms with van der Waals surface area (Å²) >= 11 is 0. The van der Waals surface area contributed by atoms with Crippen LogP contribution in [0, 0.1) is 13.8 Å². The van der Waals surface area contributed by atoms with E-state index in [1.165, 1.54) is 6.20 Å². The summed E-state index contributed by atoms with van der Waals surface area (Å²) in [5.41, 5.74) is 5.70. The van der Waals surface area contributed by atoms with Crippen molar-refractivity contribution in [3.8, 4) is 0 Å². The fourth-order valence-corrected chi connectivity index (χ4v) is 1.71. The molecular formula is C13H15N5O. The molecule has 0 spiro atoms. The van der Waals surface area contributed by atoms with Gasteiger partial charge < -0.3 is 10.7 Å². The Morgan fingerprint density at radius 1 is 1.21 bits per heavy atom. The zero-order valence-corrected chi connectivity index (χ0v) is 10.8. The SMILES string of the molecule is Cc1ccc(NC(=O)c2cnccc2NN)c(C)n1. The number of pyridine rings is 2. The minimum atomic E-state index is -0.283. The zero-order valence-electron chi connectivity index (χ0n) is 10.8. The van der Waals surface area contributed by atoms with Gasteiger partial charge in [-0.25, -0.2) is 0 Å². The topological polar surface area (TPSA) is 92.9 Å². The first-order valence-electron chi connectivity index (χ1n) is 5.78. The van der Waals surface area contributed by atoms with Crippen LogP contribution in [0.3, 0.4) is 0 Å². The van der Waals surface area contributed by atoms with Gasteiger partial charge in [0.05, 0.1) is 22.6 Å². The van der Waals surface area contributed by atoms with Gasteiger partial charge in [0, 0.05) is 18.1 Å². The van der Waals surface area contributed by atoms with E-state index in [1.807, 2.05) is 26.0 Å². The van der Waals surface area contributed by atoms with Crippen LogP contribution >= 0.6 is 0 Å². The van der Waals surface area contributed by atoms with Crippen LogP contribution in [0.5, 0.6) is 0 Å². The minimum absolute atomic E-state index is 0.283. The number of hydrazine groups is 1. The highest BCUT2D eigenvalue weighted by atomic mass is 16.1. The van der Waals surface area contributed by atoms with Crippen LogP contribution in [0.25, 0.3) is 0 Å². The van der Waals surface area contributed by atoms with Crippen molar-refractivity contribution in [1.82, 2.24) is 9.97 Å². The average Bonchev–Trinajstić information content (AvgIpc) is 2.41. The molecule has 0 bridgehead atoms. The Morgan fingerprint density at radius 2 is 2.00 bits per heavy atom. The molecule has 1 amide bonds. The van der Waals surface area contributed by atoms with Crippen molar-refractivity contribution in [3.05, 3.63) is 47.5 Å². The molecule has 0 aliphatic carbocycles. The van der Waals surface area contributed by atoms with Crippen LogP contribution in [0.15, 0.2) is 30.6 Å². The molecule has 0 saturated heterocycles. The van der Waals surface area contributed by atoms with Crippen molar-refractivity contribution < 1.29 is 4.79 Å². The lowest BCUT2D eigenvalue weighted by molar-refractivity contribution is 0.102. The third-order valence-electron chi connectivity index (χ3n) is 2.69. The van der Waals surface area contributed by atoms with Gasteiger partial charge in [-0.3, -0.25) is 20.6 Å². The lowest BCUT2D eigenvalue weighted by atomic mass is 10.2. The van der Waals surface area contributed by atoms with Crippen LogP contribution in [0.4, 0.5) is 11.4 Å². The van der Waals surface area contributed by atoms with Gasteiger partial charge in [-0.15, -0.1) is 0 Å². The van der Waals surface area contributed by atoms with Crippen LogP contribution < -0.4 is 16.6 Å². The van der Waals surface area contributed by atoms with Crippen molar-refractivity contribution in [3.63, 3.8) is 0 Å². The Balaban J connectivity index is 2.26. The summed E-state index contributed by atoms with van der Waals surface area (Å²) in [6.07, 6.45) is 3.02. The van der Waals surface area contributed by atoms with Crippen molar-refractivity contribution >= 4 is 17.3 Å². The molecule has 0 aliphatic heterocycles. The van der Waals surface area contributed by atoms with Crippen LogP contribution in [-0.4, -0.2) is 15.9 Å². The average molecular weight is 257 g/mol.